The smallest absolute Gasteiger partial charge is 0.298 e. The molecule has 2 aromatic carbocycles. The maximum atomic E-state index is 15.1. The summed E-state index contributed by atoms with van der Waals surface area (Å²) in [4.78, 5) is 9.04. The summed E-state index contributed by atoms with van der Waals surface area (Å²) in [6.07, 6.45) is 4.60. The number of nitrogens with zero attached hydrogens (tertiary/aromatic N) is 2. The second kappa shape index (κ2) is 10.3. The number of aliphatic hydroxyl groups excluding tert-OH is 1. The largest absolute Gasteiger partial charge is 0.487 e. The van der Waals surface area contributed by atoms with Crippen LogP contribution in [0.4, 0.5) is 19.0 Å². The Balaban J connectivity index is 1.45. The normalized spacial score (nSPS) is 16.6. The summed E-state index contributed by atoms with van der Waals surface area (Å²) in [7, 11) is 0. The van der Waals surface area contributed by atoms with Gasteiger partial charge in [0.2, 0.25) is 0 Å². The number of benzene rings is 2. The molecule has 1 aromatic heterocycles. The molecular formula is C27H30F3N3O4. The van der Waals surface area contributed by atoms with Gasteiger partial charge in [0, 0.05) is 17.0 Å². The number of rotatable bonds is 12. The second-order valence-corrected chi connectivity index (χ2v) is 9.61. The van der Waals surface area contributed by atoms with Crippen molar-refractivity contribution in [2.24, 2.45) is 0 Å². The van der Waals surface area contributed by atoms with Crippen molar-refractivity contribution in [1.29, 1.82) is 0 Å². The van der Waals surface area contributed by atoms with Gasteiger partial charge in [-0.05, 0) is 51.7 Å². The molecule has 0 saturated heterocycles. The number of aromatic nitrogens is 2. The molecule has 198 valence electrons. The molecule has 0 radical (unpaired) electrons. The van der Waals surface area contributed by atoms with Gasteiger partial charge in [-0.1, -0.05) is 12.1 Å². The Bertz CT molecular complexity index is 1280. The van der Waals surface area contributed by atoms with Gasteiger partial charge in [-0.25, -0.2) is 14.4 Å². The summed E-state index contributed by atoms with van der Waals surface area (Å²) in [5.74, 6) is -2.76. The summed E-state index contributed by atoms with van der Waals surface area (Å²) in [5, 5.41) is 12.8. The van der Waals surface area contributed by atoms with Crippen LogP contribution >= 0.6 is 0 Å². The van der Waals surface area contributed by atoms with Gasteiger partial charge in [0.05, 0.1) is 35.9 Å². The summed E-state index contributed by atoms with van der Waals surface area (Å²) >= 11 is 0. The van der Waals surface area contributed by atoms with Crippen LogP contribution in [0.3, 0.4) is 0 Å². The lowest BCUT2D eigenvalue weighted by Crippen LogP contribution is -2.22. The van der Waals surface area contributed by atoms with Gasteiger partial charge in [-0.2, -0.15) is 8.78 Å². The highest BCUT2D eigenvalue weighted by Gasteiger charge is 2.35. The van der Waals surface area contributed by atoms with E-state index in [1.165, 1.54) is 12.1 Å². The SMILES string of the molecule is Cc1nc(N[C@H](C)c2cccc(C(F)(F)CO)c2F)c2cc(OCCOC3CC3)c(OC3CC3)cc2n1. The van der Waals surface area contributed by atoms with Gasteiger partial charge in [-0.3, -0.25) is 0 Å². The van der Waals surface area contributed by atoms with Crippen molar-refractivity contribution >= 4 is 16.7 Å². The van der Waals surface area contributed by atoms with Crippen LogP contribution in [0.5, 0.6) is 11.5 Å². The molecule has 0 amide bonds. The molecule has 10 heteroatoms. The number of halogens is 3. The molecule has 37 heavy (non-hydrogen) atoms. The van der Waals surface area contributed by atoms with Crippen molar-refractivity contribution in [1.82, 2.24) is 9.97 Å². The van der Waals surface area contributed by atoms with Crippen molar-refractivity contribution in [3.05, 3.63) is 53.1 Å². The summed E-state index contributed by atoms with van der Waals surface area (Å²) < 4.78 is 61.0. The van der Waals surface area contributed by atoms with E-state index in [-0.39, 0.29) is 11.7 Å². The molecule has 7 nitrogen and oxygen atoms in total. The molecule has 2 saturated carbocycles. The zero-order valence-corrected chi connectivity index (χ0v) is 20.8. The van der Waals surface area contributed by atoms with Crippen LogP contribution in [-0.2, 0) is 10.7 Å². The first-order valence-electron chi connectivity index (χ1n) is 12.5. The fraction of sp³-hybridized carbons (Fsp3) is 0.481. The first kappa shape index (κ1) is 25.5. The monoisotopic (exact) mass is 517 g/mol. The maximum absolute atomic E-state index is 15.1. The van der Waals surface area contributed by atoms with E-state index in [9.17, 15) is 8.78 Å². The lowest BCUT2D eigenvalue weighted by Gasteiger charge is -2.21. The summed E-state index contributed by atoms with van der Waals surface area (Å²) in [5.41, 5.74) is -0.214. The highest BCUT2D eigenvalue weighted by molar-refractivity contribution is 5.92. The predicted molar refractivity (Wildman–Crippen MR) is 132 cm³/mol. The number of nitrogens with one attached hydrogen (secondary N) is 1. The number of hydrogen-bond acceptors (Lipinski definition) is 7. The molecule has 0 unspecified atom stereocenters. The third-order valence-corrected chi connectivity index (χ3v) is 6.35. The van der Waals surface area contributed by atoms with E-state index in [0.717, 1.165) is 31.7 Å². The van der Waals surface area contributed by atoms with Gasteiger partial charge in [-0.15, -0.1) is 0 Å². The number of anilines is 1. The minimum absolute atomic E-state index is 0.0254. The average Bonchev–Trinajstić information content (AvgIpc) is 3.78. The van der Waals surface area contributed by atoms with Crippen LogP contribution in [0.25, 0.3) is 10.9 Å². The highest BCUT2D eigenvalue weighted by Crippen LogP contribution is 2.39. The fourth-order valence-electron chi connectivity index (χ4n) is 4.07. The van der Waals surface area contributed by atoms with Crippen LogP contribution in [0.1, 0.15) is 55.6 Å². The third kappa shape index (κ3) is 5.91. The first-order chi connectivity index (χ1) is 17.7. The van der Waals surface area contributed by atoms with Crippen LogP contribution in [0.15, 0.2) is 30.3 Å². The number of hydrogen-bond donors (Lipinski definition) is 2. The summed E-state index contributed by atoms with van der Waals surface area (Å²) in [6.45, 7) is 2.72. The lowest BCUT2D eigenvalue weighted by atomic mass is 10.00. The Morgan fingerprint density at radius 1 is 1.08 bits per heavy atom. The molecule has 2 aliphatic carbocycles. The van der Waals surface area contributed by atoms with Crippen molar-refractivity contribution in [2.75, 3.05) is 25.1 Å². The van der Waals surface area contributed by atoms with E-state index in [0.29, 0.717) is 53.4 Å². The molecule has 0 aliphatic heterocycles. The molecule has 0 spiro atoms. The van der Waals surface area contributed by atoms with Crippen LogP contribution in [0, 0.1) is 12.7 Å². The fourth-order valence-corrected chi connectivity index (χ4v) is 4.07. The zero-order chi connectivity index (χ0) is 26.2. The molecule has 2 N–H and O–H groups in total. The molecule has 3 aromatic rings. The van der Waals surface area contributed by atoms with E-state index in [4.69, 9.17) is 19.3 Å². The number of ether oxygens (including phenoxy) is 3. The van der Waals surface area contributed by atoms with Crippen LogP contribution in [0.2, 0.25) is 0 Å². The molecule has 5 rings (SSSR count). The van der Waals surface area contributed by atoms with Crippen LogP contribution in [-0.4, -0.2) is 47.1 Å². The van der Waals surface area contributed by atoms with Gasteiger partial charge < -0.3 is 24.6 Å². The van der Waals surface area contributed by atoms with Crippen molar-refractivity contribution in [3.8, 4) is 11.5 Å². The minimum Gasteiger partial charge on any atom is -0.487 e. The number of aliphatic hydroxyl groups is 1. The summed E-state index contributed by atoms with van der Waals surface area (Å²) in [6, 6.07) is 6.62. The topological polar surface area (TPSA) is 85.7 Å². The van der Waals surface area contributed by atoms with Gasteiger partial charge in [0.15, 0.2) is 11.5 Å². The maximum Gasteiger partial charge on any atom is 0.298 e. The zero-order valence-electron chi connectivity index (χ0n) is 20.8. The quantitative estimate of drug-likeness (QED) is 0.310. The van der Waals surface area contributed by atoms with Crippen LogP contribution < -0.4 is 14.8 Å². The Kier molecular flexibility index (Phi) is 7.13. The van der Waals surface area contributed by atoms with E-state index in [1.54, 1.807) is 26.0 Å². The van der Waals surface area contributed by atoms with E-state index in [2.05, 4.69) is 15.3 Å². The minimum atomic E-state index is -3.69. The van der Waals surface area contributed by atoms with Crippen molar-refractivity contribution in [3.63, 3.8) is 0 Å². The molecule has 1 atom stereocenters. The van der Waals surface area contributed by atoms with Gasteiger partial charge in [0.25, 0.3) is 5.92 Å². The highest BCUT2D eigenvalue weighted by atomic mass is 19.3. The van der Waals surface area contributed by atoms with Gasteiger partial charge >= 0.3 is 0 Å². The predicted octanol–water partition coefficient (Wildman–Crippen LogP) is 5.43. The second-order valence-electron chi connectivity index (χ2n) is 9.61. The Hall–Kier alpha value is -3.11. The van der Waals surface area contributed by atoms with E-state index >= 15 is 4.39 Å². The van der Waals surface area contributed by atoms with Crippen molar-refractivity contribution < 1.29 is 32.5 Å². The molecule has 1 heterocycles. The average molecular weight is 518 g/mol. The van der Waals surface area contributed by atoms with Gasteiger partial charge in [0.1, 0.15) is 30.7 Å². The number of aryl methyl sites for hydroxylation is 1. The molecule has 0 bridgehead atoms. The number of alkyl halides is 2. The Labute approximate surface area is 213 Å². The third-order valence-electron chi connectivity index (χ3n) is 6.35. The van der Waals surface area contributed by atoms with E-state index < -0.39 is 30.0 Å². The first-order valence-corrected chi connectivity index (χ1v) is 12.5. The van der Waals surface area contributed by atoms with E-state index in [1.807, 2.05) is 0 Å². The standard InChI is InChI=1S/C27H30F3N3O4/c1-15(19-4-3-5-21(25(19)28)27(29,30)14-34)31-26-20-12-23(36-11-10-35-17-6-7-17)24(37-18-8-9-18)13-22(20)32-16(2)33-26/h3-5,12-13,15,17-18,34H,6-11,14H2,1-2H3,(H,31,32,33)/t15-/m1/s1. The molecule has 2 aliphatic rings. The molecule has 2 fully saturated rings. The van der Waals surface area contributed by atoms with Crippen molar-refractivity contribution in [2.45, 2.75) is 63.7 Å². The lowest BCUT2D eigenvalue weighted by molar-refractivity contribution is -0.0583. The Morgan fingerprint density at radius 2 is 1.84 bits per heavy atom. The Morgan fingerprint density at radius 3 is 2.54 bits per heavy atom. The number of fused-ring (bicyclic) bond motifs is 1. The molecular weight excluding hydrogens is 487 g/mol.